The van der Waals surface area contributed by atoms with Crippen LogP contribution in [0.1, 0.15) is 54.4 Å². The van der Waals surface area contributed by atoms with E-state index in [1.54, 1.807) is 30.3 Å². The van der Waals surface area contributed by atoms with Crippen LogP contribution in [0, 0.1) is 0 Å². The quantitative estimate of drug-likeness (QED) is 0.835. The van der Waals surface area contributed by atoms with Gasteiger partial charge in [-0.15, -0.1) is 0 Å². The molecule has 0 atom stereocenters. The third-order valence-corrected chi connectivity index (χ3v) is 6.43. The predicted octanol–water partition coefficient (Wildman–Crippen LogP) is 3.25. The van der Waals surface area contributed by atoms with Gasteiger partial charge in [0.05, 0.1) is 10.7 Å². The van der Waals surface area contributed by atoms with Crippen molar-refractivity contribution in [3.8, 4) is 0 Å². The summed E-state index contributed by atoms with van der Waals surface area (Å²) in [7, 11) is -3.18. The highest BCUT2D eigenvalue weighted by molar-refractivity contribution is 8.00. The van der Waals surface area contributed by atoms with Crippen LogP contribution in [0.25, 0.3) is 4.91 Å². The molecule has 0 unspecified atom stereocenters. The van der Waals surface area contributed by atoms with Gasteiger partial charge in [0.2, 0.25) is 0 Å². The van der Waals surface area contributed by atoms with Crippen LogP contribution in [0.3, 0.4) is 0 Å². The normalized spacial score (nSPS) is 21.4. The van der Waals surface area contributed by atoms with Crippen molar-refractivity contribution in [3.63, 3.8) is 0 Å². The zero-order valence-corrected chi connectivity index (χ0v) is 14.1. The van der Waals surface area contributed by atoms with Crippen molar-refractivity contribution >= 4 is 20.6 Å². The zero-order valence-electron chi connectivity index (χ0n) is 13.3. The molecule has 1 fully saturated rings. The summed E-state index contributed by atoms with van der Waals surface area (Å²) in [6, 6.07) is 7.07. The first-order valence-electron chi connectivity index (χ1n) is 8.40. The summed E-state index contributed by atoms with van der Waals surface area (Å²) < 4.78 is 24.1. The number of benzene rings is 1. The highest BCUT2D eigenvalue weighted by atomic mass is 32.2. The molecule has 1 saturated heterocycles. The molecule has 1 amide bonds. The Hall–Kier alpha value is -1.62. The molecule has 2 aliphatic rings. The van der Waals surface area contributed by atoms with Gasteiger partial charge in [-0.3, -0.25) is 4.79 Å². The zero-order chi connectivity index (χ0) is 16.3. The van der Waals surface area contributed by atoms with Crippen LogP contribution in [-0.4, -0.2) is 38.1 Å². The maximum absolute atomic E-state index is 12.8. The summed E-state index contributed by atoms with van der Waals surface area (Å²) in [4.78, 5) is 15.0. The molecule has 0 saturated carbocycles. The van der Waals surface area contributed by atoms with Crippen LogP contribution >= 0.6 is 0 Å². The number of hydrogen-bond donors (Lipinski definition) is 0. The summed E-state index contributed by atoms with van der Waals surface area (Å²) in [5, 5.41) is 0. The van der Waals surface area contributed by atoms with E-state index in [2.05, 4.69) is 0 Å². The van der Waals surface area contributed by atoms with Gasteiger partial charge in [-0.25, -0.2) is 8.42 Å². The van der Waals surface area contributed by atoms with E-state index >= 15 is 0 Å². The first kappa shape index (κ1) is 16.2. The molecule has 5 heteroatoms. The van der Waals surface area contributed by atoms with Crippen molar-refractivity contribution in [3.05, 3.63) is 41.5 Å². The van der Waals surface area contributed by atoms with E-state index in [1.165, 1.54) is 19.3 Å². The van der Waals surface area contributed by atoms with E-state index in [1.807, 2.05) is 4.90 Å². The van der Waals surface area contributed by atoms with Crippen LogP contribution in [0.2, 0.25) is 0 Å². The average molecular weight is 333 g/mol. The van der Waals surface area contributed by atoms with Gasteiger partial charge in [-0.1, -0.05) is 37.5 Å². The lowest BCUT2D eigenvalue weighted by atomic mass is 10.1. The monoisotopic (exact) mass is 333 g/mol. The second-order valence-corrected chi connectivity index (χ2v) is 8.39. The molecule has 4 nitrogen and oxygen atoms in total. The maximum Gasteiger partial charge on any atom is 0.253 e. The molecule has 23 heavy (non-hydrogen) atoms. The fraction of sp³-hybridized carbons (Fsp3) is 0.500. The molecule has 3 rings (SSSR count). The Morgan fingerprint density at radius 2 is 1.70 bits per heavy atom. The minimum absolute atomic E-state index is 0.0183. The molecule has 2 aliphatic heterocycles. The van der Waals surface area contributed by atoms with Gasteiger partial charge >= 0.3 is 0 Å². The van der Waals surface area contributed by atoms with E-state index in [9.17, 15) is 13.2 Å². The summed E-state index contributed by atoms with van der Waals surface area (Å²) in [5.41, 5.74) is 1.23. The highest BCUT2D eigenvalue weighted by Gasteiger charge is 2.25. The number of carbonyl (C=O) groups excluding carboxylic acids is 1. The Morgan fingerprint density at radius 3 is 2.35 bits per heavy atom. The summed E-state index contributed by atoms with van der Waals surface area (Å²) in [6.07, 6.45) is 8.01. The molecular formula is C18H23NO3S. The fourth-order valence-electron chi connectivity index (χ4n) is 3.32. The number of likely N-dealkylation sites (tertiary alicyclic amines) is 1. The number of carbonyl (C=O) groups is 1. The number of rotatable bonds is 2. The van der Waals surface area contributed by atoms with Gasteiger partial charge < -0.3 is 4.90 Å². The Labute approximate surface area is 138 Å². The molecule has 0 aromatic heterocycles. The summed E-state index contributed by atoms with van der Waals surface area (Å²) in [5.74, 6) is 0.192. The molecule has 1 aromatic carbocycles. The maximum atomic E-state index is 12.8. The average Bonchev–Trinajstić information content (AvgIpc) is 2.86. The lowest BCUT2D eigenvalue weighted by molar-refractivity contribution is 0.0742. The van der Waals surface area contributed by atoms with Gasteiger partial charge in [0.25, 0.3) is 5.91 Å². The minimum atomic E-state index is -3.18. The lowest BCUT2D eigenvalue weighted by Crippen LogP contribution is -2.33. The smallest absolute Gasteiger partial charge is 0.253 e. The molecule has 0 N–H and O–H groups in total. The number of nitrogens with zero attached hydrogens (tertiary/aromatic N) is 1. The number of sulfone groups is 1. The van der Waals surface area contributed by atoms with Crippen LogP contribution in [0.5, 0.6) is 0 Å². The third kappa shape index (κ3) is 3.66. The SMILES string of the molecule is O=C(c1cccc(C2=CCCS2(=O)=O)c1)N1CCCCCCC1. The van der Waals surface area contributed by atoms with E-state index < -0.39 is 9.84 Å². The Balaban J connectivity index is 1.83. The van der Waals surface area contributed by atoms with Crippen molar-refractivity contribution in [1.29, 1.82) is 0 Å². The molecular weight excluding hydrogens is 310 g/mol. The number of amides is 1. The number of allylic oxidation sites excluding steroid dienone is 1. The van der Waals surface area contributed by atoms with E-state index in [-0.39, 0.29) is 11.7 Å². The van der Waals surface area contributed by atoms with Crippen molar-refractivity contribution in [2.45, 2.75) is 38.5 Å². The summed E-state index contributed by atoms with van der Waals surface area (Å²) in [6.45, 7) is 1.59. The van der Waals surface area contributed by atoms with Gasteiger partial charge in [-0.2, -0.15) is 0 Å². The van der Waals surface area contributed by atoms with E-state index in [4.69, 9.17) is 0 Å². The number of hydrogen-bond acceptors (Lipinski definition) is 3. The molecule has 1 aromatic rings. The molecule has 0 bridgehead atoms. The van der Waals surface area contributed by atoms with Crippen molar-refractivity contribution in [2.24, 2.45) is 0 Å². The second-order valence-electron chi connectivity index (χ2n) is 6.32. The Morgan fingerprint density at radius 1 is 1.00 bits per heavy atom. The van der Waals surface area contributed by atoms with Crippen molar-refractivity contribution in [1.82, 2.24) is 4.90 Å². The topological polar surface area (TPSA) is 54.5 Å². The van der Waals surface area contributed by atoms with Gasteiger partial charge in [0.1, 0.15) is 0 Å². The van der Waals surface area contributed by atoms with Crippen LogP contribution in [0.4, 0.5) is 0 Å². The Bertz CT molecular complexity index is 714. The minimum Gasteiger partial charge on any atom is -0.339 e. The van der Waals surface area contributed by atoms with Gasteiger partial charge in [0.15, 0.2) is 9.84 Å². The predicted molar refractivity (Wildman–Crippen MR) is 91.8 cm³/mol. The first-order chi connectivity index (χ1) is 11.1. The Kier molecular flexibility index (Phi) is 4.85. The third-order valence-electron chi connectivity index (χ3n) is 4.59. The van der Waals surface area contributed by atoms with Crippen LogP contribution in [0.15, 0.2) is 30.3 Å². The largest absolute Gasteiger partial charge is 0.339 e. The van der Waals surface area contributed by atoms with Crippen molar-refractivity contribution < 1.29 is 13.2 Å². The lowest BCUT2D eigenvalue weighted by Gasteiger charge is -2.25. The van der Waals surface area contributed by atoms with Gasteiger partial charge in [-0.05, 0) is 37.0 Å². The molecule has 0 spiro atoms. The summed E-state index contributed by atoms with van der Waals surface area (Å²) >= 11 is 0. The highest BCUT2D eigenvalue weighted by Crippen LogP contribution is 2.29. The first-order valence-corrected chi connectivity index (χ1v) is 10.1. The fourth-order valence-corrected chi connectivity index (χ4v) is 4.82. The molecule has 124 valence electrons. The standard InChI is InChI=1S/C18H23NO3S/c20-18(19-11-4-2-1-3-5-12-19)16-9-6-8-15(14-16)17-10-7-13-23(17,21)22/h6,8-10,14H,1-5,7,11-13H2. The van der Waals surface area contributed by atoms with E-state index in [0.29, 0.717) is 22.5 Å². The van der Waals surface area contributed by atoms with Crippen LogP contribution in [-0.2, 0) is 9.84 Å². The second kappa shape index (κ2) is 6.87. The molecule has 0 aliphatic carbocycles. The van der Waals surface area contributed by atoms with Crippen molar-refractivity contribution in [2.75, 3.05) is 18.8 Å². The molecule has 0 radical (unpaired) electrons. The van der Waals surface area contributed by atoms with Gasteiger partial charge in [0, 0.05) is 18.7 Å². The van der Waals surface area contributed by atoms with E-state index in [0.717, 1.165) is 25.9 Å². The molecule has 2 heterocycles. The van der Waals surface area contributed by atoms with Crippen LogP contribution < -0.4 is 0 Å².